The highest BCUT2D eigenvalue weighted by atomic mass is 32.1. The first-order valence-corrected chi connectivity index (χ1v) is 21.2. The van der Waals surface area contributed by atoms with Gasteiger partial charge in [0.05, 0.1) is 16.7 Å². The SMILES string of the molecule is c1ccc(N(c2ccc(N(c3ccccc3)c3cccc4cc5c(cc34)sc3c4ccccc4ccc53)cc2)c2ccc3c4ccccc4n(-c4ccccc4)c3c2)cc1. The summed E-state index contributed by atoms with van der Waals surface area (Å²) in [5.41, 5.74) is 10.1. The van der Waals surface area contributed by atoms with Gasteiger partial charge in [-0.25, -0.2) is 0 Å². The second-order valence-corrected chi connectivity index (χ2v) is 16.4. The Morgan fingerprint density at radius 3 is 1.65 bits per heavy atom. The molecule has 0 radical (unpaired) electrons. The van der Waals surface area contributed by atoms with Gasteiger partial charge in [0.25, 0.3) is 0 Å². The van der Waals surface area contributed by atoms with Crippen molar-refractivity contribution in [3.8, 4) is 5.69 Å². The number of thiophene rings is 1. The van der Waals surface area contributed by atoms with E-state index in [-0.39, 0.29) is 0 Å². The molecule has 12 rings (SSSR count). The predicted octanol–water partition coefficient (Wildman–Crippen LogP) is 16.4. The fraction of sp³-hybridized carbons (Fsp3) is 0. The van der Waals surface area contributed by atoms with Crippen LogP contribution in [-0.2, 0) is 0 Å². The van der Waals surface area contributed by atoms with E-state index >= 15 is 0 Å². The van der Waals surface area contributed by atoms with Gasteiger partial charge in [-0.05, 0) is 113 Å². The van der Waals surface area contributed by atoms with E-state index in [1.165, 1.54) is 63.5 Å². The molecule has 0 amide bonds. The van der Waals surface area contributed by atoms with E-state index in [2.05, 4.69) is 239 Å². The topological polar surface area (TPSA) is 11.4 Å². The van der Waals surface area contributed by atoms with Crippen LogP contribution in [0.1, 0.15) is 0 Å². The lowest BCUT2D eigenvalue weighted by atomic mass is 10.0. The molecule has 0 spiro atoms. The van der Waals surface area contributed by atoms with E-state index in [0.717, 1.165) is 39.8 Å². The molecule has 0 aliphatic rings. The number of fused-ring (bicyclic) bond motifs is 9. The first kappa shape index (κ1) is 34.4. The van der Waals surface area contributed by atoms with Crippen LogP contribution < -0.4 is 9.80 Å². The fourth-order valence-electron chi connectivity index (χ4n) is 9.19. The Labute approximate surface area is 351 Å². The normalized spacial score (nSPS) is 11.7. The lowest BCUT2D eigenvalue weighted by molar-refractivity contribution is 1.18. The summed E-state index contributed by atoms with van der Waals surface area (Å²) in [6, 6.07) is 81.5. The van der Waals surface area contributed by atoms with Gasteiger partial charge in [0, 0.05) is 70.5 Å². The quantitative estimate of drug-likeness (QED) is 0.159. The van der Waals surface area contributed by atoms with Gasteiger partial charge in [-0.15, -0.1) is 11.3 Å². The summed E-state index contributed by atoms with van der Waals surface area (Å²) < 4.78 is 5.03. The van der Waals surface area contributed by atoms with Crippen molar-refractivity contribution in [1.29, 1.82) is 0 Å². The van der Waals surface area contributed by atoms with Gasteiger partial charge in [-0.2, -0.15) is 0 Å². The second kappa shape index (κ2) is 14.0. The van der Waals surface area contributed by atoms with Crippen molar-refractivity contribution in [2.75, 3.05) is 9.80 Å². The number of anilines is 6. The summed E-state index contributed by atoms with van der Waals surface area (Å²) in [6.07, 6.45) is 0. The zero-order valence-electron chi connectivity index (χ0n) is 32.6. The maximum absolute atomic E-state index is 2.41. The van der Waals surface area contributed by atoms with Crippen molar-refractivity contribution in [1.82, 2.24) is 4.57 Å². The summed E-state index contributed by atoms with van der Waals surface area (Å²) in [7, 11) is 0. The number of hydrogen-bond acceptors (Lipinski definition) is 3. The van der Waals surface area contributed by atoms with Crippen molar-refractivity contribution in [3.05, 3.63) is 224 Å². The maximum Gasteiger partial charge on any atom is 0.0561 e. The molecule has 10 aromatic carbocycles. The lowest BCUT2D eigenvalue weighted by Crippen LogP contribution is -2.12. The molecule has 2 aromatic heterocycles. The molecule has 4 heteroatoms. The Kier molecular flexibility index (Phi) is 8.03. The summed E-state index contributed by atoms with van der Waals surface area (Å²) in [4.78, 5) is 4.76. The highest BCUT2D eigenvalue weighted by Crippen LogP contribution is 2.46. The van der Waals surface area contributed by atoms with Gasteiger partial charge in [0.2, 0.25) is 0 Å². The van der Waals surface area contributed by atoms with Crippen LogP contribution in [-0.4, -0.2) is 4.57 Å². The van der Waals surface area contributed by atoms with Crippen molar-refractivity contribution in [2.45, 2.75) is 0 Å². The van der Waals surface area contributed by atoms with Crippen LogP contribution in [0.5, 0.6) is 0 Å². The average molecular weight is 784 g/mol. The largest absolute Gasteiger partial charge is 0.310 e. The second-order valence-electron chi connectivity index (χ2n) is 15.4. The zero-order valence-corrected chi connectivity index (χ0v) is 33.4. The van der Waals surface area contributed by atoms with Gasteiger partial charge in [-0.3, -0.25) is 0 Å². The minimum absolute atomic E-state index is 1.08. The molecule has 60 heavy (non-hydrogen) atoms. The summed E-state index contributed by atoms with van der Waals surface area (Å²) in [5.74, 6) is 0. The van der Waals surface area contributed by atoms with Crippen LogP contribution in [0.2, 0.25) is 0 Å². The van der Waals surface area contributed by atoms with E-state index in [0.29, 0.717) is 0 Å². The molecule has 0 aliphatic carbocycles. The molecule has 0 saturated heterocycles. The Morgan fingerprint density at radius 2 is 0.883 bits per heavy atom. The van der Waals surface area contributed by atoms with Crippen molar-refractivity contribution < 1.29 is 0 Å². The van der Waals surface area contributed by atoms with E-state index < -0.39 is 0 Å². The molecule has 282 valence electrons. The fourth-order valence-corrected chi connectivity index (χ4v) is 10.4. The molecule has 0 fully saturated rings. The molecule has 0 atom stereocenters. The summed E-state index contributed by atoms with van der Waals surface area (Å²) >= 11 is 1.89. The predicted molar refractivity (Wildman–Crippen MR) is 258 cm³/mol. The van der Waals surface area contributed by atoms with Gasteiger partial charge in [0.1, 0.15) is 0 Å². The number of aromatic nitrogens is 1. The molecule has 0 bridgehead atoms. The van der Waals surface area contributed by atoms with Crippen molar-refractivity contribution in [2.24, 2.45) is 0 Å². The average Bonchev–Trinajstić information content (AvgIpc) is 3.85. The third-order valence-electron chi connectivity index (χ3n) is 11.9. The van der Waals surface area contributed by atoms with Crippen LogP contribution in [0.4, 0.5) is 34.1 Å². The third kappa shape index (κ3) is 5.57. The molecular weight excluding hydrogens is 747 g/mol. The molecule has 3 nitrogen and oxygen atoms in total. The number of para-hydroxylation sites is 4. The molecule has 0 N–H and O–H groups in total. The minimum atomic E-state index is 1.08. The number of nitrogens with zero attached hydrogens (tertiary/aromatic N) is 3. The molecule has 12 aromatic rings. The lowest BCUT2D eigenvalue weighted by Gasteiger charge is -2.29. The highest BCUT2D eigenvalue weighted by molar-refractivity contribution is 7.26. The van der Waals surface area contributed by atoms with E-state index in [1.807, 2.05) is 11.3 Å². The third-order valence-corrected chi connectivity index (χ3v) is 13.1. The Bertz CT molecular complexity index is 3540. The van der Waals surface area contributed by atoms with E-state index in [4.69, 9.17) is 0 Å². The minimum Gasteiger partial charge on any atom is -0.310 e. The highest BCUT2D eigenvalue weighted by Gasteiger charge is 2.20. The van der Waals surface area contributed by atoms with Gasteiger partial charge >= 0.3 is 0 Å². The number of hydrogen-bond donors (Lipinski definition) is 0. The van der Waals surface area contributed by atoms with E-state index in [1.54, 1.807) is 0 Å². The molecule has 0 saturated carbocycles. The number of benzene rings is 10. The summed E-state index contributed by atoms with van der Waals surface area (Å²) in [5, 5.41) is 10.2. The van der Waals surface area contributed by atoms with Crippen LogP contribution in [0.25, 0.3) is 69.2 Å². The molecule has 0 unspecified atom stereocenters. The first-order valence-electron chi connectivity index (χ1n) is 20.4. The van der Waals surface area contributed by atoms with Crippen LogP contribution in [0.3, 0.4) is 0 Å². The first-order chi connectivity index (χ1) is 29.8. The van der Waals surface area contributed by atoms with E-state index in [9.17, 15) is 0 Å². The smallest absolute Gasteiger partial charge is 0.0561 e. The Hall–Kier alpha value is -7.66. The zero-order chi connectivity index (χ0) is 39.6. The summed E-state index contributed by atoms with van der Waals surface area (Å²) in [6.45, 7) is 0. The van der Waals surface area contributed by atoms with Crippen LogP contribution in [0, 0.1) is 0 Å². The van der Waals surface area contributed by atoms with Gasteiger partial charge < -0.3 is 14.4 Å². The van der Waals surface area contributed by atoms with Gasteiger partial charge in [0.15, 0.2) is 0 Å². The molecular formula is C56H37N3S. The van der Waals surface area contributed by atoms with Crippen molar-refractivity contribution in [3.63, 3.8) is 0 Å². The maximum atomic E-state index is 2.41. The molecule has 0 aliphatic heterocycles. The van der Waals surface area contributed by atoms with Crippen LogP contribution in [0.15, 0.2) is 224 Å². The van der Waals surface area contributed by atoms with Crippen molar-refractivity contribution >= 4 is 109 Å². The Balaban J connectivity index is 1.01. The van der Waals surface area contributed by atoms with Crippen LogP contribution >= 0.6 is 11.3 Å². The Morgan fingerprint density at radius 1 is 0.317 bits per heavy atom. The number of rotatable bonds is 7. The monoisotopic (exact) mass is 783 g/mol. The standard InChI is InChI=1S/C56H37N3S/c1-4-17-40(18-5-1)57(45-32-34-48-47-24-12-13-25-52(47)59(54(48)36-45)42-21-8-3-9-22-42)43-28-30-44(31-29-43)58(41-19-6-2-7-20-41)53-26-14-16-39-35-51-49-33-27-38-15-10-11-23-46(38)56(49)60-55(51)37-50(39)53/h1-37H. The van der Waals surface area contributed by atoms with Gasteiger partial charge in [-0.1, -0.05) is 127 Å². The molecule has 2 heterocycles.